The van der Waals surface area contributed by atoms with Crippen LogP contribution in [0.5, 0.6) is 0 Å². The Morgan fingerprint density at radius 3 is 2.58 bits per heavy atom. The number of hydrogen-bond donors (Lipinski definition) is 2. The summed E-state index contributed by atoms with van der Waals surface area (Å²) >= 11 is 0. The lowest BCUT2D eigenvalue weighted by Gasteiger charge is -2.14. The van der Waals surface area contributed by atoms with Crippen molar-refractivity contribution in [3.63, 3.8) is 0 Å². The molecule has 122 valence electrons. The number of carbonyl (C=O) groups excluding carboxylic acids is 1. The van der Waals surface area contributed by atoms with Crippen LogP contribution in [0, 0.1) is 0 Å². The maximum Gasteiger partial charge on any atom is 0.256 e. The molecule has 0 saturated carbocycles. The van der Waals surface area contributed by atoms with Crippen LogP contribution in [0.1, 0.15) is 15.9 Å². The quantitative estimate of drug-likeness (QED) is 0.723. The van der Waals surface area contributed by atoms with Gasteiger partial charge in [0.15, 0.2) is 0 Å². The number of amides is 1. The Morgan fingerprint density at radius 2 is 1.88 bits per heavy atom. The van der Waals surface area contributed by atoms with Crippen molar-refractivity contribution in [3.8, 4) is 0 Å². The van der Waals surface area contributed by atoms with Gasteiger partial charge in [0.25, 0.3) is 5.91 Å². The molecule has 0 unspecified atom stereocenters. The van der Waals surface area contributed by atoms with Gasteiger partial charge in [-0.1, -0.05) is 36.4 Å². The molecule has 5 heteroatoms. The van der Waals surface area contributed by atoms with Crippen LogP contribution in [0.15, 0.2) is 59.5 Å². The van der Waals surface area contributed by atoms with E-state index in [1.165, 1.54) is 12.6 Å². The SMILES string of the molecule is CNC(=O)c1cn(CCc2ccccc2)c2cccc(N)c2c1=O. The molecule has 0 aliphatic heterocycles. The van der Waals surface area contributed by atoms with Crippen LogP contribution in [0.4, 0.5) is 5.69 Å². The molecule has 3 aromatic rings. The largest absolute Gasteiger partial charge is 0.398 e. The van der Waals surface area contributed by atoms with Gasteiger partial charge in [-0.05, 0) is 24.1 Å². The number of rotatable bonds is 4. The molecule has 0 saturated heterocycles. The Balaban J connectivity index is 2.12. The second-order valence-electron chi connectivity index (χ2n) is 5.62. The normalized spacial score (nSPS) is 10.7. The van der Waals surface area contributed by atoms with E-state index in [4.69, 9.17) is 5.73 Å². The van der Waals surface area contributed by atoms with Crippen molar-refractivity contribution < 1.29 is 4.79 Å². The Hall–Kier alpha value is -3.08. The third kappa shape index (κ3) is 2.88. The first-order valence-corrected chi connectivity index (χ1v) is 7.79. The number of carbonyl (C=O) groups is 1. The third-order valence-corrected chi connectivity index (χ3v) is 4.10. The standard InChI is InChI=1S/C19H19N3O2/c1-21-19(24)14-12-22(11-10-13-6-3-2-4-7-13)16-9-5-8-15(20)17(16)18(14)23/h2-9,12H,10-11,20H2,1H3,(H,21,24). The van der Waals surface area contributed by atoms with Gasteiger partial charge in [-0.3, -0.25) is 9.59 Å². The van der Waals surface area contributed by atoms with Crippen molar-refractivity contribution in [2.75, 3.05) is 12.8 Å². The van der Waals surface area contributed by atoms with E-state index < -0.39 is 5.91 Å². The van der Waals surface area contributed by atoms with Crippen LogP contribution in [0.3, 0.4) is 0 Å². The number of aryl methyl sites for hydroxylation is 2. The summed E-state index contributed by atoms with van der Waals surface area (Å²) in [6.07, 6.45) is 2.41. The highest BCUT2D eigenvalue weighted by Gasteiger charge is 2.16. The number of hydrogen-bond acceptors (Lipinski definition) is 3. The van der Waals surface area contributed by atoms with Crippen LogP contribution in [0.25, 0.3) is 10.9 Å². The predicted octanol–water partition coefficient (Wildman–Crippen LogP) is 2.19. The van der Waals surface area contributed by atoms with E-state index in [0.717, 1.165) is 11.9 Å². The van der Waals surface area contributed by atoms with Gasteiger partial charge in [0, 0.05) is 25.5 Å². The van der Waals surface area contributed by atoms with Crippen LogP contribution in [-0.4, -0.2) is 17.5 Å². The molecule has 1 heterocycles. The van der Waals surface area contributed by atoms with Crippen LogP contribution < -0.4 is 16.5 Å². The van der Waals surface area contributed by atoms with Crippen LogP contribution >= 0.6 is 0 Å². The highest BCUT2D eigenvalue weighted by molar-refractivity contribution is 5.99. The highest BCUT2D eigenvalue weighted by Crippen LogP contribution is 2.19. The maximum absolute atomic E-state index is 12.6. The summed E-state index contributed by atoms with van der Waals surface area (Å²) in [5, 5.41) is 2.91. The summed E-state index contributed by atoms with van der Waals surface area (Å²) in [5.74, 6) is -0.404. The Morgan fingerprint density at radius 1 is 1.12 bits per heavy atom. The summed E-state index contributed by atoms with van der Waals surface area (Å²) in [5.41, 5.74) is 8.09. The summed E-state index contributed by atoms with van der Waals surface area (Å²) in [6.45, 7) is 0.647. The molecule has 3 N–H and O–H groups in total. The van der Waals surface area contributed by atoms with Gasteiger partial charge in [-0.25, -0.2) is 0 Å². The van der Waals surface area contributed by atoms with Gasteiger partial charge in [-0.2, -0.15) is 0 Å². The van der Waals surface area contributed by atoms with Crippen LogP contribution in [-0.2, 0) is 13.0 Å². The number of nitrogens with zero attached hydrogens (tertiary/aromatic N) is 1. The minimum Gasteiger partial charge on any atom is -0.398 e. The summed E-state index contributed by atoms with van der Waals surface area (Å²) in [4.78, 5) is 24.7. The number of nitrogens with two attached hydrogens (primary N) is 1. The van der Waals surface area contributed by atoms with E-state index in [1.54, 1.807) is 12.3 Å². The summed E-state index contributed by atoms with van der Waals surface area (Å²) < 4.78 is 1.92. The Bertz CT molecular complexity index is 946. The fraction of sp³-hybridized carbons (Fsp3) is 0.158. The Kier molecular flexibility index (Phi) is 4.33. The molecule has 24 heavy (non-hydrogen) atoms. The molecule has 0 aliphatic rings. The molecule has 1 amide bonds. The zero-order valence-electron chi connectivity index (χ0n) is 13.5. The molecule has 0 radical (unpaired) electrons. The second-order valence-corrected chi connectivity index (χ2v) is 5.62. The zero-order chi connectivity index (χ0) is 17.1. The first-order chi connectivity index (χ1) is 11.6. The van der Waals surface area contributed by atoms with Crippen LogP contribution in [0.2, 0.25) is 0 Å². The highest BCUT2D eigenvalue weighted by atomic mass is 16.2. The molecular weight excluding hydrogens is 302 g/mol. The average molecular weight is 321 g/mol. The number of nitrogen functional groups attached to an aromatic ring is 1. The third-order valence-electron chi connectivity index (χ3n) is 4.10. The minimum absolute atomic E-state index is 0.107. The predicted molar refractivity (Wildman–Crippen MR) is 96.2 cm³/mol. The lowest BCUT2D eigenvalue weighted by Crippen LogP contribution is -2.27. The van der Waals surface area contributed by atoms with Crippen molar-refractivity contribution in [1.82, 2.24) is 9.88 Å². The van der Waals surface area contributed by atoms with Gasteiger partial charge >= 0.3 is 0 Å². The van der Waals surface area contributed by atoms with E-state index in [9.17, 15) is 9.59 Å². The van der Waals surface area contributed by atoms with Crippen molar-refractivity contribution in [3.05, 3.63) is 76.1 Å². The minimum atomic E-state index is -0.404. The molecule has 0 fully saturated rings. The average Bonchev–Trinajstić information content (AvgIpc) is 2.61. The molecular formula is C19H19N3O2. The molecule has 0 aliphatic carbocycles. The Labute approximate surface area is 139 Å². The van der Waals surface area contributed by atoms with Gasteiger partial charge in [0.05, 0.1) is 10.9 Å². The fourth-order valence-corrected chi connectivity index (χ4v) is 2.84. The molecule has 5 nitrogen and oxygen atoms in total. The number of nitrogens with one attached hydrogen (secondary N) is 1. The maximum atomic E-state index is 12.6. The van der Waals surface area contributed by atoms with Crippen molar-refractivity contribution >= 4 is 22.5 Å². The monoisotopic (exact) mass is 321 g/mol. The van der Waals surface area contributed by atoms with Gasteiger partial charge in [0.1, 0.15) is 5.56 Å². The molecule has 2 aromatic carbocycles. The molecule has 0 spiro atoms. The topological polar surface area (TPSA) is 77.1 Å². The van der Waals surface area contributed by atoms with Gasteiger partial charge < -0.3 is 15.6 Å². The van der Waals surface area contributed by atoms with Crippen molar-refractivity contribution in [2.24, 2.45) is 0 Å². The van der Waals surface area contributed by atoms with E-state index in [0.29, 0.717) is 17.6 Å². The van der Waals surface area contributed by atoms with E-state index in [1.807, 2.05) is 34.9 Å². The second kappa shape index (κ2) is 6.58. The van der Waals surface area contributed by atoms with Gasteiger partial charge in [-0.15, -0.1) is 0 Å². The van der Waals surface area contributed by atoms with E-state index in [-0.39, 0.29) is 11.0 Å². The lowest BCUT2D eigenvalue weighted by atomic mass is 10.1. The fourth-order valence-electron chi connectivity index (χ4n) is 2.84. The number of pyridine rings is 1. The molecule has 1 aromatic heterocycles. The molecule has 0 atom stereocenters. The molecule has 0 bridgehead atoms. The molecule has 3 rings (SSSR count). The smallest absolute Gasteiger partial charge is 0.256 e. The number of benzene rings is 2. The first kappa shape index (κ1) is 15.8. The van der Waals surface area contributed by atoms with Gasteiger partial charge in [0.2, 0.25) is 5.43 Å². The number of anilines is 1. The number of aromatic nitrogens is 1. The zero-order valence-corrected chi connectivity index (χ0v) is 13.5. The number of fused-ring (bicyclic) bond motifs is 1. The summed E-state index contributed by atoms with van der Waals surface area (Å²) in [6, 6.07) is 15.4. The lowest BCUT2D eigenvalue weighted by molar-refractivity contribution is 0.0961. The van der Waals surface area contributed by atoms with E-state index in [2.05, 4.69) is 17.4 Å². The van der Waals surface area contributed by atoms with Crippen molar-refractivity contribution in [1.29, 1.82) is 0 Å². The van der Waals surface area contributed by atoms with Crippen molar-refractivity contribution in [2.45, 2.75) is 13.0 Å². The summed E-state index contributed by atoms with van der Waals surface area (Å²) in [7, 11) is 1.51. The first-order valence-electron chi connectivity index (χ1n) is 7.79. The van der Waals surface area contributed by atoms with E-state index >= 15 is 0 Å².